The third-order valence-electron chi connectivity index (χ3n) is 23.8. The molecule has 15 nitrogen and oxygen atoms in total. The van der Waals surface area contributed by atoms with Gasteiger partial charge < -0.3 is 51.2 Å². The predicted molar refractivity (Wildman–Crippen MR) is 294 cm³/mol. The number of amides is 4. The molecular weight excluding hydrogens is 977 g/mol. The lowest BCUT2D eigenvalue weighted by Gasteiger charge is -2.63. The smallest absolute Gasteiger partial charge is 0.407 e. The van der Waals surface area contributed by atoms with Crippen molar-refractivity contribution < 1.29 is 53.9 Å². The van der Waals surface area contributed by atoms with Gasteiger partial charge in [0.25, 0.3) is 0 Å². The van der Waals surface area contributed by atoms with E-state index in [0.29, 0.717) is 83.2 Å². The summed E-state index contributed by atoms with van der Waals surface area (Å²) in [7, 11) is 1.43. The van der Waals surface area contributed by atoms with Crippen molar-refractivity contribution >= 4 is 29.8 Å². The molecule has 0 saturated heterocycles. The number of fused-ring (bicyclic) bond motifs is 10. The second-order valence-corrected chi connectivity index (χ2v) is 28.9. The van der Waals surface area contributed by atoms with Crippen LogP contribution in [0.5, 0.6) is 0 Å². The molecular formula is C62H104N4O11. The van der Waals surface area contributed by atoms with Crippen LogP contribution in [0.15, 0.2) is 0 Å². The number of methoxy groups -OCH3 is 1. The lowest BCUT2D eigenvalue weighted by Crippen LogP contribution is -2.63. The summed E-state index contributed by atoms with van der Waals surface area (Å²) in [5.74, 6) is 2.43. The molecule has 0 spiro atoms. The zero-order chi connectivity index (χ0) is 56.0. The van der Waals surface area contributed by atoms with Crippen molar-refractivity contribution in [3.05, 3.63) is 0 Å². The third kappa shape index (κ3) is 12.2. The number of aliphatic hydroxyl groups is 4. The lowest BCUT2D eigenvalue weighted by molar-refractivity contribution is -0.202. The molecule has 0 radical (unpaired) electrons. The molecule has 8 aliphatic rings. The van der Waals surface area contributed by atoms with Gasteiger partial charge >= 0.3 is 12.1 Å². The number of carbonyl (C=O) groups excluding carboxylic acids is 5. The van der Waals surface area contributed by atoms with E-state index >= 15 is 0 Å². The minimum atomic E-state index is -0.577. The number of ether oxygens (including phenoxy) is 2. The molecule has 0 heterocycles. The predicted octanol–water partition coefficient (Wildman–Crippen LogP) is 8.36. The molecule has 8 saturated carbocycles. The van der Waals surface area contributed by atoms with Gasteiger partial charge in [0.1, 0.15) is 5.60 Å². The highest BCUT2D eigenvalue weighted by atomic mass is 16.6. The van der Waals surface area contributed by atoms with Crippen LogP contribution in [0.2, 0.25) is 0 Å². The molecule has 0 aromatic carbocycles. The average molecular weight is 1080 g/mol. The number of carbonyl (C=O) groups is 5. The molecule has 8 fully saturated rings. The van der Waals surface area contributed by atoms with E-state index in [2.05, 4.69) is 62.8 Å². The first kappa shape index (κ1) is 60.1. The molecule has 8 N–H and O–H groups in total. The lowest BCUT2D eigenvalue weighted by atomic mass is 9.43. The van der Waals surface area contributed by atoms with Gasteiger partial charge in [-0.2, -0.15) is 0 Å². The Hall–Kier alpha value is -3.01. The highest BCUT2D eigenvalue weighted by Crippen LogP contribution is 2.70. The molecule has 0 aromatic rings. The summed E-state index contributed by atoms with van der Waals surface area (Å²) in [6.45, 7) is 20.0. The third-order valence-corrected chi connectivity index (χ3v) is 23.8. The first-order chi connectivity index (χ1) is 36.2. The Morgan fingerprint density at radius 2 is 1.00 bits per heavy atom. The number of nitrogens with one attached hydrogen (secondary N) is 4. The van der Waals surface area contributed by atoms with Crippen molar-refractivity contribution in [2.24, 2.45) is 92.7 Å². The Kier molecular flexibility index (Phi) is 18.6. The topological polar surface area (TPSA) is 233 Å². The van der Waals surface area contributed by atoms with E-state index in [4.69, 9.17) is 9.47 Å². The minimum Gasteiger partial charge on any atom is -0.469 e. The Morgan fingerprint density at radius 3 is 1.44 bits per heavy atom. The summed E-state index contributed by atoms with van der Waals surface area (Å²) in [5, 5.41) is 60.6. The van der Waals surface area contributed by atoms with Gasteiger partial charge in [0.15, 0.2) is 0 Å². The average Bonchev–Trinajstić information content (AvgIpc) is 4.12. The summed E-state index contributed by atoms with van der Waals surface area (Å²) in [5.41, 5.74) is -1.26. The van der Waals surface area contributed by atoms with Crippen molar-refractivity contribution in [1.29, 1.82) is 0 Å². The fourth-order valence-electron chi connectivity index (χ4n) is 19.7. The van der Waals surface area contributed by atoms with Crippen LogP contribution in [0, 0.1) is 92.7 Å². The van der Waals surface area contributed by atoms with Gasteiger partial charge in [-0.25, -0.2) is 4.79 Å². The molecule has 77 heavy (non-hydrogen) atoms. The summed E-state index contributed by atoms with van der Waals surface area (Å²) in [6, 6.07) is 0.0817. The molecule has 0 aliphatic heterocycles. The van der Waals surface area contributed by atoms with E-state index in [9.17, 15) is 44.4 Å². The molecule has 15 heteroatoms. The molecule has 22 atom stereocenters. The van der Waals surface area contributed by atoms with E-state index in [-0.39, 0.29) is 123 Å². The maximum absolute atomic E-state index is 13.3. The Labute approximate surface area is 461 Å². The van der Waals surface area contributed by atoms with Crippen molar-refractivity contribution in [1.82, 2.24) is 21.3 Å². The molecule has 0 unspecified atom stereocenters. The summed E-state index contributed by atoms with van der Waals surface area (Å²) >= 11 is 0. The van der Waals surface area contributed by atoms with Gasteiger partial charge in [0.2, 0.25) is 17.7 Å². The second kappa shape index (κ2) is 23.8. The number of rotatable bonds is 18. The fraction of sp³-hybridized carbons (Fsp3) is 0.919. The van der Waals surface area contributed by atoms with Gasteiger partial charge in [-0.05, 0) is 229 Å². The number of hydrogen-bond donors (Lipinski definition) is 8. The Bertz CT molecular complexity index is 2100. The van der Waals surface area contributed by atoms with E-state index < -0.39 is 36.1 Å². The Balaban J connectivity index is 0.742. The van der Waals surface area contributed by atoms with Gasteiger partial charge in [-0.1, -0.05) is 41.5 Å². The number of aliphatic hydroxyl groups excluding tert-OH is 4. The van der Waals surface area contributed by atoms with Gasteiger partial charge in [0, 0.05) is 50.9 Å². The van der Waals surface area contributed by atoms with Gasteiger partial charge in [0.05, 0.1) is 31.5 Å². The van der Waals surface area contributed by atoms with Crippen LogP contribution in [0.1, 0.15) is 204 Å². The van der Waals surface area contributed by atoms with E-state index in [1.807, 2.05) is 20.8 Å². The van der Waals surface area contributed by atoms with E-state index in [1.165, 1.54) is 7.11 Å². The normalized spacial score (nSPS) is 42.8. The largest absolute Gasteiger partial charge is 0.469 e. The minimum absolute atomic E-state index is 0.00127. The summed E-state index contributed by atoms with van der Waals surface area (Å²) in [4.78, 5) is 63.5. The van der Waals surface area contributed by atoms with Crippen molar-refractivity contribution in [2.45, 2.75) is 246 Å². The number of alkyl carbamates (subject to hydrolysis) is 1. The van der Waals surface area contributed by atoms with Crippen LogP contribution in [0.25, 0.3) is 0 Å². The van der Waals surface area contributed by atoms with Crippen LogP contribution in [-0.2, 0) is 28.7 Å². The Morgan fingerprint density at radius 1 is 0.558 bits per heavy atom. The molecule has 0 aromatic heterocycles. The first-order valence-corrected chi connectivity index (χ1v) is 30.9. The highest BCUT2D eigenvalue weighted by molar-refractivity contribution is 5.77. The molecule has 8 aliphatic carbocycles. The molecule has 8 rings (SSSR count). The standard InChI is InChI=1S/C62H104N4O11/c1-35(41-17-19-43-55-45(33-49(69)61(41,43)8)59(6)26-24-40(30-38(59)31-47(55)67)66-53(73)14-12-28-64-57(75)77-58(3,4)5)15-21-51(71)63-27-11-13-52(72)65-39-23-25-60(7)37(29-39)32-48(68)56-44-20-18-42(36(2)16-22-54(74)76-10)62(44,9)50(70)34-46(56)60/h35-50,55-56,67-70H,11-34H2,1-10H3,(H,63,71)(H,64,75)(H,65,72)(H,66,73)/t35-,36-,37+,38+,39-,40-,41-,42-,43+,44+,45+,46+,47-,48-,49+,50+,55+,56+,59+,60+,61-,62-/m1/s1. The van der Waals surface area contributed by atoms with Gasteiger partial charge in [-0.15, -0.1) is 0 Å². The highest BCUT2D eigenvalue weighted by Gasteiger charge is 2.67. The van der Waals surface area contributed by atoms with E-state index in [0.717, 1.165) is 77.0 Å². The zero-order valence-corrected chi connectivity index (χ0v) is 49.0. The van der Waals surface area contributed by atoms with E-state index in [1.54, 1.807) is 0 Å². The quantitative estimate of drug-likeness (QED) is 0.0480. The molecule has 438 valence electrons. The zero-order valence-electron chi connectivity index (χ0n) is 49.0. The monoisotopic (exact) mass is 1080 g/mol. The fourth-order valence-corrected chi connectivity index (χ4v) is 19.7. The van der Waals surface area contributed by atoms with Gasteiger partial charge in [-0.3, -0.25) is 19.2 Å². The second-order valence-electron chi connectivity index (χ2n) is 28.9. The van der Waals surface area contributed by atoms with Crippen LogP contribution >= 0.6 is 0 Å². The summed E-state index contributed by atoms with van der Waals surface area (Å²) < 4.78 is 10.2. The SMILES string of the molecule is COC(=O)CC[C@@H](C)[C@H]1CC[C@H]2[C@@H]3[C@H](O)C[C@@H]4C[C@H](NC(=O)CCCNC(=O)CC[C@@H](C)[C@H]5CC[C@H]6[C@@H]7[C@H](O)C[C@@H]8C[C@H](NC(=O)CCCNC(=O)OC(C)(C)C)CC[C@]8(C)[C@H]7C[C@H](O)[C@]56C)CC[C@]4(C)[C@H]3C[C@H](O)[C@]12C. The van der Waals surface area contributed by atoms with Crippen LogP contribution < -0.4 is 21.3 Å². The number of esters is 1. The van der Waals surface area contributed by atoms with Crippen molar-refractivity contribution in [2.75, 3.05) is 20.2 Å². The molecule has 4 amide bonds. The van der Waals surface area contributed by atoms with Crippen LogP contribution in [0.3, 0.4) is 0 Å². The first-order valence-electron chi connectivity index (χ1n) is 30.9. The number of hydrogen-bond acceptors (Lipinski definition) is 11. The van der Waals surface area contributed by atoms with Crippen molar-refractivity contribution in [3.63, 3.8) is 0 Å². The molecule has 0 bridgehead atoms. The van der Waals surface area contributed by atoms with Crippen LogP contribution in [0.4, 0.5) is 4.79 Å². The van der Waals surface area contributed by atoms with Crippen molar-refractivity contribution in [3.8, 4) is 0 Å². The maximum atomic E-state index is 13.3. The van der Waals surface area contributed by atoms with Crippen LogP contribution in [-0.4, -0.2) is 113 Å². The maximum Gasteiger partial charge on any atom is 0.407 e. The summed E-state index contributed by atoms with van der Waals surface area (Å²) in [6.07, 6.45) is 13.6.